The van der Waals surface area contributed by atoms with Crippen molar-refractivity contribution in [3.8, 4) is 0 Å². The number of hydrogen-bond acceptors (Lipinski definition) is 6. The summed E-state index contributed by atoms with van der Waals surface area (Å²) in [7, 11) is 0. The highest BCUT2D eigenvalue weighted by Gasteiger charge is 2.10. The first-order chi connectivity index (χ1) is 6.91. The lowest BCUT2D eigenvalue weighted by Gasteiger charge is -2.07. The Bertz CT molecular complexity index is 189. The van der Waals surface area contributed by atoms with Crippen LogP contribution < -0.4 is 0 Å². The molecule has 0 aromatic carbocycles. The second-order valence-electron chi connectivity index (χ2n) is 3.26. The van der Waals surface area contributed by atoms with Crippen LogP contribution in [0.25, 0.3) is 0 Å². The van der Waals surface area contributed by atoms with Gasteiger partial charge in [0.1, 0.15) is 0 Å². The van der Waals surface area contributed by atoms with Gasteiger partial charge in [-0.15, -0.1) is 0 Å². The van der Waals surface area contributed by atoms with Crippen LogP contribution in [-0.2, 0) is 19.1 Å². The Labute approximate surface area is 87.8 Å². The molecule has 2 atom stereocenters. The molecule has 2 N–H and O–H groups in total. The van der Waals surface area contributed by atoms with Crippen LogP contribution in [0.4, 0.5) is 0 Å². The molecule has 0 aliphatic carbocycles. The molecule has 0 aliphatic heterocycles. The third-order valence-electron chi connectivity index (χ3n) is 1.36. The quantitative estimate of drug-likeness (QED) is 0.466. The predicted octanol–water partition coefficient (Wildman–Crippen LogP) is -0.428. The van der Waals surface area contributed by atoms with Crippen LogP contribution >= 0.6 is 0 Å². The number of carbonyl (C=O) groups is 2. The van der Waals surface area contributed by atoms with Gasteiger partial charge < -0.3 is 19.7 Å². The van der Waals surface area contributed by atoms with Gasteiger partial charge in [0, 0.05) is 0 Å². The Balaban J connectivity index is 3.53. The van der Waals surface area contributed by atoms with E-state index in [0.29, 0.717) is 0 Å². The Kier molecular flexibility index (Phi) is 6.64. The first kappa shape index (κ1) is 13.9. The molecule has 0 radical (unpaired) electrons. The van der Waals surface area contributed by atoms with Crippen molar-refractivity contribution < 1.29 is 29.3 Å². The molecular formula is C9H16O6. The number of esters is 2. The zero-order valence-electron chi connectivity index (χ0n) is 8.80. The number of aliphatic hydroxyl groups excluding tert-OH is 2. The third-order valence-corrected chi connectivity index (χ3v) is 1.36. The maximum atomic E-state index is 10.8. The first-order valence-corrected chi connectivity index (χ1v) is 4.59. The van der Waals surface area contributed by atoms with Crippen molar-refractivity contribution in [2.45, 2.75) is 38.9 Å². The van der Waals surface area contributed by atoms with Gasteiger partial charge in [-0.25, -0.2) is 0 Å². The second kappa shape index (κ2) is 7.19. The van der Waals surface area contributed by atoms with Crippen molar-refractivity contribution in [1.82, 2.24) is 0 Å². The van der Waals surface area contributed by atoms with Crippen LogP contribution in [-0.4, -0.2) is 41.2 Å². The second-order valence-corrected chi connectivity index (χ2v) is 3.26. The molecule has 0 aromatic heterocycles. The van der Waals surface area contributed by atoms with Gasteiger partial charge in [0.2, 0.25) is 6.79 Å². The molecule has 6 nitrogen and oxygen atoms in total. The lowest BCUT2D eigenvalue weighted by Crippen LogP contribution is -2.18. The fraction of sp³-hybridized carbons (Fsp3) is 0.778. The van der Waals surface area contributed by atoms with E-state index in [2.05, 4.69) is 9.47 Å². The summed E-state index contributed by atoms with van der Waals surface area (Å²) in [5.41, 5.74) is 0. The van der Waals surface area contributed by atoms with Gasteiger partial charge >= 0.3 is 11.9 Å². The molecule has 0 saturated carbocycles. The molecule has 0 bridgehead atoms. The lowest BCUT2D eigenvalue weighted by molar-refractivity contribution is -0.169. The molecule has 0 aliphatic rings. The van der Waals surface area contributed by atoms with Crippen molar-refractivity contribution in [3.63, 3.8) is 0 Å². The molecule has 0 saturated heterocycles. The van der Waals surface area contributed by atoms with E-state index in [0.717, 1.165) is 0 Å². The molecule has 0 amide bonds. The standard InChI is InChI=1S/C9H16O6/c1-6(10)3-8(12)14-5-15-9(13)4-7(2)11/h6-7,10-11H,3-5H2,1-2H3. The highest BCUT2D eigenvalue weighted by atomic mass is 16.7. The molecule has 0 rings (SSSR count). The minimum atomic E-state index is -0.786. The van der Waals surface area contributed by atoms with E-state index in [1.165, 1.54) is 13.8 Å². The summed E-state index contributed by atoms with van der Waals surface area (Å²) in [6.45, 7) is 2.40. The van der Waals surface area contributed by atoms with E-state index < -0.39 is 30.9 Å². The summed E-state index contributed by atoms with van der Waals surface area (Å²) >= 11 is 0. The summed E-state index contributed by atoms with van der Waals surface area (Å²) in [6.07, 6.45) is -1.86. The van der Waals surface area contributed by atoms with Crippen LogP contribution in [0.3, 0.4) is 0 Å². The van der Waals surface area contributed by atoms with E-state index in [-0.39, 0.29) is 12.8 Å². The highest BCUT2D eigenvalue weighted by Crippen LogP contribution is 1.96. The maximum absolute atomic E-state index is 10.8. The SMILES string of the molecule is CC(O)CC(=O)OCOC(=O)CC(C)O. The van der Waals surface area contributed by atoms with Gasteiger partial charge in [0.05, 0.1) is 25.0 Å². The largest absolute Gasteiger partial charge is 0.428 e. The lowest BCUT2D eigenvalue weighted by atomic mass is 10.3. The molecule has 0 spiro atoms. The van der Waals surface area contributed by atoms with Gasteiger partial charge in [0.25, 0.3) is 0 Å². The van der Waals surface area contributed by atoms with E-state index in [1.54, 1.807) is 0 Å². The number of rotatable bonds is 6. The molecule has 6 heteroatoms. The molecule has 15 heavy (non-hydrogen) atoms. The van der Waals surface area contributed by atoms with Crippen molar-refractivity contribution in [1.29, 1.82) is 0 Å². The van der Waals surface area contributed by atoms with Crippen molar-refractivity contribution in [3.05, 3.63) is 0 Å². The van der Waals surface area contributed by atoms with Gasteiger partial charge in [-0.05, 0) is 13.8 Å². The van der Waals surface area contributed by atoms with Crippen LogP contribution in [0, 0.1) is 0 Å². The summed E-state index contributed by atoms with van der Waals surface area (Å²) in [5, 5.41) is 17.6. The van der Waals surface area contributed by atoms with Crippen LogP contribution in [0.15, 0.2) is 0 Å². The van der Waals surface area contributed by atoms with Crippen molar-refractivity contribution in [2.24, 2.45) is 0 Å². The highest BCUT2D eigenvalue weighted by molar-refractivity contribution is 5.71. The average Bonchev–Trinajstić information content (AvgIpc) is 2.00. The first-order valence-electron chi connectivity index (χ1n) is 4.59. The summed E-state index contributed by atoms with van der Waals surface area (Å²) in [4.78, 5) is 21.7. The normalized spacial score (nSPS) is 14.1. The number of ether oxygens (including phenoxy) is 2. The van der Waals surface area contributed by atoms with E-state index in [9.17, 15) is 9.59 Å². The van der Waals surface area contributed by atoms with Gasteiger partial charge in [-0.1, -0.05) is 0 Å². The minimum absolute atomic E-state index is 0.145. The molecule has 88 valence electrons. The Morgan fingerprint density at radius 1 is 1.00 bits per heavy atom. The molecule has 2 unspecified atom stereocenters. The zero-order chi connectivity index (χ0) is 11.8. The molecular weight excluding hydrogens is 204 g/mol. The van der Waals surface area contributed by atoms with E-state index in [1.807, 2.05) is 0 Å². The number of hydrogen-bond donors (Lipinski definition) is 2. The van der Waals surface area contributed by atoms with Gasteiger partial charge in [0.15, 0.2) is 0 Å². The minimum Gasteiger partial charge on any atom is -0.428 e. The molecule has 0 fully saturated rings. The fourth-order valence-electron chi connectivity index (χ4n) is 0.761. The average molecular weight is 220 g/mol. The monoisotopic (exact) mass is 220 g/mol. The van der Waals surface area contributed by atoms with Crippen molar-refractivity contribution >= 4 is 11.9 Å². The summed E-state index contributed by atoms with van der Waals surface area (Å²) in [6, 6.07) is 0. The Hall–Kier alpha value is -1.14. The molecule has 0 aromatic rings. The molecule has 0 heterocycles. The van der Waals surface area contributed by atoms with Crippen molar-refractivity contribution in [2.75, 3.05) is 6.79 Å². The van der Waals surface area contributed by atoms with Gasteiger partial charge in [-0.2, -0.15) is 0 Å². The Morgan fingerprint density at radius 3 is 1.60 bits per heavy atom. The fourth-order valence-corrected chi connectivity index (χ4v) is 0.761. The number of carbonyl (C=O) groups excluding carboxylic acids is 2. The predicted molar refractivity (Wildman–Crippen MR) is 49.6 cm³/mol. The maximum Gasteiger partial charge on any atom is 0.311 e. The zero-order valence-corrected chi connectivity index (χ0v) is 8.80. The van der Waals surface area contributed by atoms with Gasteiger partial charge in [-0.3, -0.25) is 9.59 Å². The number of aliphatic hydroxyl groups is 2. The van der Waals surface area contributed by atoms with Crippen LogP contribution in [0.2, 0.25) is 0 Å². The summed E-state index contributed by atoms with van der Waals surface area (Å²) < 4.78 is 8.96. The van der Waals surface area contributed by atoms with Crippen LogP contribution in [0.5, 0.6) is 0 Å². The summed E-state index contributed by atoms with van der Waals surface area (Å²) in [5.74, 6) is -1.29. The Morgan fingerprint density at radius 2 is 1.33 bits per heavy atom. The third kappa shape index (κ3) is 9.17. The van der Waals surface area contributed by atoms with Crippen LogP contribution in [0.1, 0.15) is 26.7 Å². The topological polar surface area (TPSA) is 93.1 Å². The van der Waals surface area contributed by atoms with E-state index >= 15 is 0 Å². The van der Waals surface area contributed by atoms with E-state index in [4.69, 9.17) is 10.2 Å². The smallest absolute Gasteiger partial charge is 0.311 e.